The van der Waals surface area contributed by atoms with Gasteiger partial charge in [0.1, 0.15) is 17.1 Å². The van der Waals surface area contributed by atoms with Gasteiger partial charge in [0.15, 0.2) is 11.5 Å². The smallest absolute Gasteiger partial charge is 0.293 e. The molecular weight excluding hydrogens is 427 g/mol. The van der Waals surface area contributed by atoms with Gasteiger partial charge in [-0.25, -0.2) is 4.39 Å². The Balaban J connectivity index is 1.61. The number of ether oxygens (including phenoxy) is 2. The van der Waals surface area contributed by atoms with Gasteiger partial charge in [-0.15, -0.1) is 0 Å². The van der Waals surface area contributed by atoms with E-state index in [1.807, 2.05) is 0 Å². The largest absolute Gasteiger partial charge is 0.493 e. The van der Waals surface area contributed by atoms with Gasteiger partial charge >= 0.3 is 0 Å². The van der Waals surface area contributed by atoms with Gasteiger partial charge in [0.2, 0.25) is 11.7 Å². The molecule has 0 unspecified atom stereocenters. The second-order valence-electron chi connectivity index (χ2n) is 7.15. The molecule has 0 saturated heterocycles. The van der Waals surface area contributed by atoms with E-state index in [2.05, 4.69) is 10.6 Å². The highest BCUT2D eigenvalue weighted by Gasteiger charge is 2.23. The summed E-state index contributed by atoms with van der Waals surface area (Å²) in [5.74, 6) is -0.705. The van der Waals surface area contributed by atoms with Gasteiger partial charge in [0.05, 0.1) is 26.3 Å². The summed E-state index contributed by atoms with van der Waals surface area (Å²) < 4.78 is 30.2. The second-order valence-corrected chi connectivity index (χ2v) is 7.15. The molecule has 0 atom stereocenters. The van der Waals surface area contributed by atoms with E-state index in [4.69, 9.17) is 13.9 Å². The van der Waals surface area contributed by atoms with Gasteiger partial charge in [-0.1, -0.05) is 30.3 Å². The Morgan fingerprint density at radius 2 is 1.64 bits per heavy atom. The number of anilines is 2. The quantitative estimate of drug-likeness (QED) is 0.414. The van der Waals surface area contributed by atoms with Crippen molar-refractivity contribution in [2.24, 2.45) is 0 Å². The summed E-state index contributed by atoms with van der Waals surface area (Å²) in [6.45, 7) is 0. The first kappa shape index (κ1) is 21.9. The third-order valence-corrected chi connectivity index (χ3v) is 5.00. The molecule has 0 bridgehead atoms. The van der Waals surface area contributed by atoms with Gasteiger partial charge in [-0.2, -0.15) is 0 Å². The molecule has 0 spiro atoms. The summed E-state index contributed by atoms with van der Waals surface area (Å²) in [6, 6.07) is 17.9. The number of carbonyl (C=O) groups excluding carboxylic acids is 2. The van der Waals surface area contributed by atoms with E-state index >= 15 is 0 Å². The van der Waals surface area contributed by atoms with Crippen molar-refractivity contribution in [2.75, 3.05) is 24.9 Å². The Kier molecular flexibility index (Phi) is 6.26. The zero-order valence-electron chi connectivity index (χ0n) is 18.0. The summed E-state index contributed by atoms with van der Waals surface area (Å²) in [4.78, 5) is 25.7. The van der Waals surface area contributed by atoms with Crippen molar-refractivity contribution in [3.63, 3.8) is 0 Å². The fraction of sp³-hybridized carbons (Fsp3) is 0.120. The number of hydrogen-bond acceptors (Lipinski definition) is 5. The number of methoxy groups -OCH3 is 2. The summed E-state index contributed by atoms with van der Waals surface area (Å²) in [5.41, 5.74) is 1.32. The van der Waals surface area contributed by atoms with Crippen molar-refractivity contribution in [2.45, 2.75) is 6.42 Å². The second kappa shape index (κ2) is 9.44. The number of carbonyl (C=O) groups is 2. The van der Waals surface area contributed by atoms with Crippen molar-refractivity contribution in [1.82, 2.24) is 0 Å². The van der Waals surface area contributed by atoms with Crippen LogP contribution in [0.3, 0.4) is 0 Å². The average Bonchev–Trinajstić information content (AvgIpc) is 3.19. The predicted octanol–water partition coefficient (Wildman–Crippen LogP) is 5.02. The maximum Gasteiger partial charge on any atom is 0.293 e. The number of furan rings is 1. The normalized spacial score (nSPS) is 10.6. The average molecular weight is 448 g/mol. The van der Waals surface area contributed by atoms with E-state index in [0.29, 0.717) is 28.0 Å². The molecule has 0 fully saturated rings. The predicted molar refractivity (Wildman–Crippen MR) is 122 cm³/mol. The highest BCUT2D eigenvalue weighted by molar-refractivity contribution is 6.14. The van der Waals surface area contributed by atoms with Crippen molar-refractivity contribution in [1.29, 1.82) is 0 Å². The number of benzene rings is 3. The number of amides is 2. The Bertz CT molecular complexity index is 1330. The van der Waals surface area contributed by atoms with E-state index in [9.17, 15) is 14.0 Å². The molecule has 4 rings (SSSR count). The van der Waals surface area contributed by atoms with Crippen LogP contribution in [0, 0.1) is 5.82 Å². The van der Waals surface area contributed by atoms with Crippen LogP contribution in [0.4, 0.5) is 15.8 Å². The fourth-order valence-corrected chi connectivity index (χ4v) is 3.43. The van der Waals surface area contributed by atoms with E-state index in [1.54, 1.807) is 48.5 Å². The molecule has 7 nitrogen and oxygen atoms in total. The zero-order chi connectivity index (χ0) is 23.4. The first-order valence-corrected chi connectivity index (χ1v) is 10.1. The molecule has 0 aliphatic heterocycles. The summed E-state index contributed by atoms with van der Waals surface area (Å²) in [7, 11) is 3.04. The zero-order valence-corrected chi connectivity index (χ0v) is 18.0. The van der Waals surface area contributed by atoms with Crippen LogP contribution in [-0.4, -0.2) is 26.0 Å². The number of rotatable bonds is 7. The minimum Gasteiger partial charge on any atom is -0.493 e. The molecule has 1 heterocycles. The third kappa shape index (κ3) is 4.64. The molecule has 33 heavy (non-hydrogen) atoms. The number of halogens is 1. The van der Waals surface area contributed by atoms with Crippen LogP contribution in [-0.2, 0) is 11.2 Å². The number of para-hydroxylation sites is 2. The number of nitrogens with one attached hydrogen (secondary N) is 2. The standard InChI is InChI=1S/C25H21FN2O5/c1-31-20-12-11-15(13-21(20)32-2)14-22(29)28-23-16-7-3-6-10-19(16)33-24(23)25(30)27-18-9-5-4-8-17(18)26/h3-13H,14H2,1-2H3,(H,27,30)(H,28,29). The Morgan fingerprint density at radius 1 is 0.909 bits per heavy atom. The van der Waals surface area contributed by atoms with Crippen molar-refractivity contribution < 1.29 is 27.9 Å². The van der Waals surface area contributed by atoms with Crippen LogP contribution >= 0.6 is 0 Å². The van der Waals surface area contributed by atoms with Crippen LogP contribution in [0.5, 0.6) is 11.5 Å². The van der Waals surface area contributed by atoms with Crippen LogP contribution in [0.25, 0.3) is 11.0 Å². The lowest BCUT2D eigenvalue weighted by Gasteiger charge is -2.10. The summed E-state index contributed by atoms with van der Waals surface area (Å²) >= 11 is 0. The summed E-state index contributed by atoms with van der Waals surface area (Å²) in [5, 5.41) is 5.81. The molecule has 168 valence electrons. The molecular formula is C25H21FN2O5. The Labute approximate surface area is 189 Å². The van der Waals surface area contributed by atoms with Crippen molar-refractivity contribution in [3.8, 4) is 11.5 Å². The minimum atomic E-state index is -0.683. The van der Waals surface area contributed by atoms with Gasteiger partial charge in [-0.3, -0.25) is 9.59 Å². The molecule has 2 N–H and O–H groups in total. The monoisotopic (exact) mass is 448 g/mol. The van der Waals surface area contributed by atoms with E-state index in [1.165, 1.54) is 32.4 Å². The van der Waals surface area contributed by atoms with E-state index in [-0.39, 0.29) is 29.5 Å². The Hall–Kier alpha value is -4.33. The van der Waals surface area contributed by atoms with E-state index in [0.717, 1.165) is 0 Å². The first-order chi connectivity index (χ1) is 16.0. The van der Waals surface area contributed by atoms with Gasteiger partial charge in [0.25, 0.3) is 5.91 Å². The molecule has 4 aromatic rings. The SMILES string of the molecule is COc1ccc(CC(=O)Nc2c(C(=O)Nc3ccccc3F)oc3ccccc23)cc1OC. The van der Waals surface area contributed by atoms with Gasteiger partial charge in [-0.05, 0) is 42.0 Å². The Morgan fingerprint density at radius 3 is 2.39 bits per heavy atom. The topological polar surface area (TPSA) is 89.8 Å². The minimum absolute atomic E-state index is 0.00515. The lowest BCUT2D eigenvalue weighted by molar-refractivity contribution is -0.115. The fourth-order valence-electron chi connectivity index (χ4n) is 3.43. The molecule has 0 aliphatic rings. The first-order valence-electron chi connectivity index (χ1n) is 10.1. The van der Waals surface area contributed by atoms with Crippen molar-refractivity contribution >= 4 is 34.2 Å². The summed E-state index contributed by atoms with van der Waals surface area (Å²) in [6.07, 6.45) is 0.0221. The lowest BCUT2D eigenvalue weighted by atomic mass is 10.1. The van der Waals surface area contributed by atoms with Crippen LogP contribution in [0.2, 0.25) is 0 Å². The molecule has 0 saturated carbocycles. The molecule has 0 aliphatic carbocycles. The molecule has 0 radical (unpaired) electrons. The highest BCUT2D eigenvalue weighted by atomic mass is 19.1. The van der Waals surface area contributed by atoms with Crippen molar-refractivity contribution in [3.05, 3.63) is 83.9 Å². The van der Waals surface area contributed by atoms with Crippen LogP contribution in [0.15, 0.2) is 71.1 Å². The van der Waals surface area contributed by atoms with E-state index < -0.39 is 11.7 Å². The molecule has 8 heteroatoms. The number of fused-ring (bicyclic) bond motifs is 1. The molecule has 3 aromatic carbocycles. The molecule has 1 aromatic heterocycles. The van der Waals surface area contributed by atoms with Crippen LogP contribution in [0.1, 0.15) is 16.1 Å². The highest BCUT2D eigenvalue weighted by Crippen LogP contribution is 2.32. The maximum absolute atomic E-state index is 14.0. The maximum atomic E-state index is 14.0. The third-order valence-electron chi connectivity index (χ3n) is 5.00. The molecule has 2 amide bonds. The number of hydrogen-bond donors (Lipinski definition) is 2. The van der Waals surface area contributed by atoms with Crippen LogP contribution < -0.4 is 20.1 Å². The van der Waals surface area contributed by atoms with Gasteiger partial charge in [0, 0.05) is 5.39 Å². The lowest BCUT2D eigenvalue weighted by Crippen LogP contribution is -2.19. The van der Waals surface area contributed by atoms with Gasteiger partial charge < -0.3 is 24.5 Å².